The predicted octanol–water partition coefficient (Wildman–Crippen LogP) is 1.29. The number of hydrogen-bond acceptors (Lipinski definition) is 8. The van der Waals surface area contributed by atoms with E-state index in [2.05, 4.69) is 20.8 Å². The lowest BCUT2D eigenvalue weighted by Crippen LogP contribution is -2.50. The van der Waals surface area contributed by atoms with Gasteiger partial charge in [0.2, 0.25) is 10.0 Å². The van der Waals surface area contributed by atoms with E-state index in [0.29, 0.717) is 44.2 Å². The van der Waals surface area contributed by atoms with E-state index in [9.17, 15) is 13.2 Å². The molecular weight excluding hydrogens is 420 g/mol. The number of aromatic nitrogens is 2. The van der Waals surface area contributed by atoms with E-state index in [4.69, 9.17) is 10.3 Å². The van der Waals surface area contributed by atoms with Crippen LogP contribution in [0.4, 0.5) is 5.82 Å². The van der Waals surface area contributed by atoms with E-state index >= 15 is 0 Å². The van der Waals surface area contributed by atoms with E-state index in [1.165, 1.54) is 10.5 Å². The number of hydrogen-bond donors (Lipinski definition) is 3. The molecule has 4 rings (SSSR count). The van der Waals surface area contributed by atoms with Gasteiger partial charge in [-0.15, -0.1) is 0 Å². The average molecular weight is 449 g/mol. The molecule has 0 unspecified atom stereocenters. The number of carbonyl (C=O) groups is 1. The Morgan fingerprint density at radius 3 is 2.77 bits per heavy atom. The first-order valence-corrected chi connectivity index (χ1v) is 12.0. The summed E-state index contributed by atoms with van der Waals surface area (Å²) in [5.41, 5.74) is 5.73. The lowest BCUT2D eigenvalue weighted by molar-refractivity contribution is 0.0905. The topological polar surface area (TPSA) is 143 Å². The standard InChI is InChI=1S/C20H28N6O4S/c1-13-10-15(24-20(27)17-11-18(30-25-17)14-2-3-14)6-9-26(13)31(28,29)16-4-5-19(23-12-16)22-8-7-21/h4-5,11-15H,2-3,6-10,21H2,1H3,(H,22,23)(H,24,27)/t13-,15+/m0/s1. The summed E-state index contributed by atoms with van der Waals surface area (Å²) < 4.78 is 32.9. The number of nitrogens with two attached hydrogens (primary N) is 1. The summed E-state index contributed by atoms with van der Waals surface area (Å²) in [5.74, 6) is 1.45. The van der Waals surface area contributed by atoms with Crippen LogP contribution >= 0.6 is 0 Å². The van der Waals surface area contributed by atoms with Crippen molar-refractivity contribution in [1.29, 1.82) is 0 Å². The molecule has 0 bridgehead atoms. The number of nitrogens with one attached hydrogen (secondary N) is 2. The van der Waals surface area contributed by atoms with Crippen LogP contribution in [-0.2, 0) is 10.0 Å². The van der Waals surface area contributed by atoms with Crippen LogP contribution in [0.25, 0.3) is 0 Å². The summed E-state index contributed by atoms with van der Waals surface area (Å²) in [5, 5.41) is 9.85. The molecule has 1 saturated heterocycles. The van der Waals surface area contributed by atoms with E-state index in [1.807, 2.05) is 6.92 Å². The summed E-state index contributed by atoms with van der Waals surface area (Å²) >= 11 is 0. The Labute approximate surface area is 181 Å². The number of carbonyl (C=O) groups excluding carboxylic acids is 1. The van der Waals surface area contributed by atoms with E-state index in [1.54, 1.807) is 18.2 Å². The number of anilines is 1. The zero-order valence-electron chi connectivity index (χ0n) is 17.5. The van der Waals surface area contributed by atoms with Crippen LogP contribution in [-0.4, -0.2) is 60.5 Å². The van der Waals surface area contributed by atoms with Gasteiger partial charge in [0.15, 0.2) is 5.69 Å². The van der Waals surface area contributed by atoms with Gasteiger partial charge in [0.1, 0.15) is 16.5 Å². The van der Waals surface area contributed by atoms with Crippen molar-refractivity contribution in [2.24, 2.45) is 5.73 Å². The molecule has 31 heavy (non-hydrogen) atoms. The third-order valence-electron chi connectivity index (χ3n) is 5.68. The molecule has 168 valence electrons. The van der Waals surface area contributed by atoms with Gasteiger partial charge in [0.25, 0.3) is 5.91 Å². The van der Waals surface area contributed by atoms with Gasteiger partial charge in [-0.1, -0.05) is 5.16 Å². The Hall–Kier alpha value is -2.50. The van der Waals surface area contributed by atoms with E-state index in [0.717, 1.165) is 18.6 Å². The van der Waals surface area contributed by atoms with Gasteiger partial charge in [-0.25, -0.2) is 13.4 Å². The summed E-state index contributed by atoms with van der Waals surface area (Å²) in [6, 6.07) is 4.49. The monoisotopic (exact) mass is 448 g/mol. The minimum Gasteiger partial charge on any atom is -0.369 e. The van der Waals surface area contributed by atoms with Crippen LogP contribution in [0.5, 0.6) is 0 Å². The van der Waals surface area contributed by atoms with Gasteiger partial charge in [0.05, 0.1) is 0 Å². The molecule has 2 aromatic rings. The second-order valence-electron chi connectivity index (χ2n) is 8.14. The minimum absolute atomic E-state index is 0.129. The molecule has 3 heterocycles. The van der Waals surface area contributed by atoms with Crippen molar-refractivity contribution in [2.75, 3.05) is 25.0 Å². The fourth-order valence-electron chi connectivity index (χ4n) is 3.83. The molecule has 4 N–H and O–H groups in total. The first-order valence-electron chi connectivity index (χ1n) is 10.6. The largest absolute Gasteiger partial charge is 0.369 e. The maximum Gasteiger partial charge on any atom is 0.273 e. The van der Waals surface area contributed by atoms with Gasteiger partial charge in [-0.3, -0.25) is 4.79 Å². The number of rotatable bonds is 8. The van der Waals surface area contributed by atoms with Crippen LogP contribution in [0.1, 0.15) is 54.8 Å². The fourth-order valence-corrected chi connectivity index (χ4v) is 5.43. The molecule has 1 saturated carbocycles. The van der Waals surface area contributed by atoms with Gasteiger partial charge in [-0.05, 0) is 44.7 Å². The molecule has 2 atom stereocenters. The highest BCUT2D eigenvalue weighted by molar-refractivity contribution is 7.89. The summed E-state index contributed by atoms with van der Waals surface area (Å²) in [4.78, 5) is 16.8. The molecule has 0 aromatic carbocycles. The lowest BCUT2D eigenvalue weighted by Gasteiger charge is -2.36. The maximum atomic E-state index is 13.1. The van der Waals surface area contributed by atoms with Crippen molar-refractivity contribution in [3.8, 4) is 0 Å². The highest BCUT2D eigenvalue weighted by Crippen LogP contribution is 2.40. The summed E-state index contributed by atoms with van der Waals surface area (Å²) in [7, 11) is -3.67. The van der Waals surface area contributed by atoms with Crippen molar-refractivity contribution < 1.29 is 17.7 Å². The fraction of sp³-hybridized carbons (Fsp3) is 0.550. The zero-order valence-corrected chi connectivity index (χ0v) is 18.3. The summed E-state index contributed by atoms with van der Waals surface area (Å²) in [6.07, 6.45) is 4.54. The smallest absolute Gasteiger partial charge is 0.273 e. The van der Waals surface area contributed by atoms with E-state index in [-0.39, 0.29) is 28.6 Å². The molecule has 1 aliphatic heterocycles. The Kier molecular flexibility index (Phi) is 6.26. The van der Waals surface area contributed by atoms with Crippen LogP contribution in [0.3, 0.4) is 0 Å². The molecule has 1 aliphatic carbocycles. The number of nitrogens with zero attached hydrogens (tertiary/aromatic N) is 3. The predicted molar refractivity (Wildman–Crippen MR) is 114 cm³/mol. The molecule has 2 aliphatic rings. The number of amides is 1. The first kappa shape index (κ1) is 21.7. The Bertz CT molecular complexity index is 1020. The van der Waals surface area contributed by atoms with Crippen LogP contribution in [0, 0.1) is 0 Å². The molecule has 10 nitrogen and oxygen atoms in total. The molecule has 2 fully saturated rings. The lowest BCUT2D eigenvalue weighted by atomic mass is 10.0. The highest BCUT2D eigenvalue weighted by Gasteiger charge is 2.36. The normalized spacial score (nSPS) is 22.3. The molecular formula is C20H28N6O4S. The van der Waals surface area contributed by atoms with Crippen molar-refractivity contribution >= 4 is 21.7 Å². The van der Waals surface area contributed by atoms with Gasteiger partial charge in [-0.2, -0.15) is 4.31 Å². The average Bonchev–Trinajstić information content (AvgIpc) is 3.48. The zero-order chi connectivity index (χ0) is 22.0. The van der Waals surface area contributed by atoms with Crippen LogP contribution < -0.4 is 16.4 Å². The maximum absolute atomic E-state index is 13.1. The molecule has 0 radical (unpaired) electrons. The highest BCUT2D eigenvalue weighted by atomic mass is 32.2. The molecule has 1 amide bonds. The number of sulfonamides is 1. The minimum atomic E-state index is -3.67. The van der Waals surface area contributed by atoms with Gasteiger partial charge < -0.3 is 20.9 Å². The van der Waals surface area contributed by atoms with Crippen molar-refractivity contribution in [2.45, 2.75) is 55.5 Å². The molecule has 0 spiro atoms. The molecule has 2 aromatic heterocycles. The van der Waals surface area contributed by atoms with Gasteiger partial charge in [0, 0.05) is 49.9 Å². The number of pyridine rings is 1. The quantitative estimate of drug-likeness (QED) is 0.548. The third-order valence-corrected chi connectivity index (χ3v) is 7.68. The second-order valence-corrected chi connectivity index (χ2v) is 10.0. The summed E-state index contributed by atoms with van der Waals surface area (Å²) in [6.45, 7) is 3.18. The van der Waals surface area contributed by atoms with Crippen molar-refractivity contribution in [3.63, 3.8) is 0 Å². The van der Waals surface area contributed by atoms with Crippen LogP contribution in [0.15, 0.2) is 33.8 Å². The first-order chi connectivity index (χ1) is 14.9. The Morgan fingerprint density at radius 2 is 2.13 bits per heavy atom. The Balaban J connectivity index is 1.35. The van der Waals surface area contributed by atoms with Crippen LogP contribution in [0.2, 0.25) is 0 Å². The number of piperidine rings is 1. The van der Waals surface area contributed by atoms with Crippen molar-refractivity contribution in [3.05, 3.63) is 35.9 Å². The van der Waals surface area contributed by atoms with Gasteiger partial charge >= 0.3 is 0 Å². The SMILES string of the molecule is C[C@H]1C[C@H](NC(=O)c2cc(C3CC3)on2)CCN1S(=O)(=O)c1ccc(NCCN)nc1. The third kappa shape index (κ3) is 4.89. The molecule has 11 heteroatoms. The van der Waals surface area contributed by atoms with Crippen molar-refractivity contribution in [1.82, 2.24) is 19.8 Å². The van der Waals surface area contributed by atoms with E-state index < -0.39 is 10.0 Å². The second kappa shape index (κ2) is 8.93. The Morgan fingerprint density at radius 1 is 1.32 bits per heavy atom.